The standard InChI is InChI=1S/C14H9Br2N3O/c15-11-7-10(20-14(11)16)8-18-19-12-5-1-3-9-4-2-6-17-13(9)12/h1-8,19H/b18-8+. The number of nitrogens with one attached hydrogen (secondary N) is 1. The molecule has 3 aromatic rings. The molecule has 0 saturated carbocycles. The van der Waals surface area contributed by atoms with Gasteiger partial charge in [-0.05, 0) is 44.0 Å². The Morgan fingerprint density at radius 1 is 1.20 bits per heavy atom. The quantitative estimate of drug-likeness (QED) is 0.512. The number of rotatable bonds is 3. The molecular formula is C14H9Br2N3O. The predicted molar refractivity (Wildman–Crippen MR) is 87.1 cm³/mol. The van der Waals surface area contributed by atoms with E-state index in [2.05, 4.69) is 47.4 Å². The number of hydrogen-bond acceptors (Lipinski definition) is 4. The molecule has 2 heterocycles. The van der Waals surface area contributed by atoms with Crippen LogP contribution in [-0.2, 0) is 0 Å². The summed E-state index contributed by atoms with van der Waals surface area (Å²) in [5.74, 6) is 0.643. The second-order valence-electron chi connectivity index (χ2n) is 4.02. The van der Waals surface area contributed by atoms with Crippen molar-refractivity contribution in [3.05, 3.63) is 57.5 Å². The molecule has 0 radical (unpaired) electrons. The molecule has 0 spiro atoms. The van der Waals surface area contributed by atoms with Crippen LogP contribution in [0, 0.1) is 0 Å². The summed E-state index contributed by atoms with van der Waals surface area (Å²) in [7, 11) is 0. The van der Waals surface area contributed by atoms with Crippen molar-refractivity contribution in [3.63, 3.8) is 0 Å². The number of pyridine rings is 1. The fourth-order valence-corrected chi connectivity index (χ4v) is 2.39. The van der Waals surface area contributed by atoms with Gasteiger partial charge in [0, 0.05) is 17.6 Å². The Balaban J connectivity index is 1.83. The third-order valence-corrected chi connectivity index (χ3v) is 4.38. The lowest BCUT2D eigenvalue weighted by Gasteiger charge is -2.03. The largest absolute Gasteiger partial charge is 0.447 e. The number of anilines is 1. The smallest absolute Gasteiger partial charge is 0.184 e. The summed E-state index contributed by atoms with van der Waals surface area (Å²) < 4.78 is 6.90. The Kier molecular flexibility index (Phi) is 3.84. The van der Waals surface area contributed by atoms with Crippen LogP contribution in [-0.4, -0.2) is 11.2 Å². The van der Waals surface area contributed by atoms with Gasteiger partial charge in [0.25, 0.3) is 0 Å². The monoisotopic (exact) mass is 393 g/mol. The molecule has 1 aromatic carbocycles. The Labute approximate surface area is 132 Å². The lowest BCUT2D eigenvalue weighted by molar-refractivity contribution is 0.533. The average Bonchev–Trinajstić information content (AvgIpc) is 2.78. The zero-order chi connectivity index (χ0) is 13.9. The van der Waals surface area contributed by atoms with Crippen molar-refractivity contribution in [3.8, 4) is 0 Å². The van der Waals surface area contributed by atoms with Crippen LogP contribution in [0.1, 0.15) is 5.76 Å². The summed E-state index contributed by atoms with van der Waals surface area (Å²) in [5, 5.41) is 5.23. The van der Waals surface area contributed by atoms with Crippen molar-refractivity contribution in [2.75, 3.05) is 5.43 Å². The molecule has 0 aliphatic rings. The van der Waals surface area contributed by atoms with Gasteiger partial charge in [-0.15, -0.1) is 0 Å². The van der Waals surface area contributed by atoms with E-state index in [9.17, 15) is 0 Å². The van der Waals surface area contributed by atoms with Gasteiger partial charge < -0.3 is 4.42 Å². The first-order valence-electron chi connectivity index (χ1n) is 5.82. The van der Waals surface area contributed by atoms with Crippen LogP contribution < -0.4 is 5.43 Å². The molecule has 3 rings (SSSR count). The second-order valence-corrected chi connectivity index (χ2v) is 5.60. The molecule has 4 nitrogen and oxygen atoms in total. The van der Waals surface area contributed by atoms with Gasteiger partial charge in [-0.25, -0.2) is 0 Å². The van der Waals surface area contributed by atoms with E-state index >= 15 is 0 Å². The normalized spacial score (nSPS) is 11.3. The van der Waals surface area contributed by atoms with Crippen molar-refractivity contribution in [2.24, 2.45) is 5.10 Å². The van der Waals surface area contributed by atoms with Crippen LogP contribution in [0.15, 0.2) is 61.3 Å². The number of hydrazone groups is 1. The lowest BCUT2D eigenvalue weighted by Crippen LogP contribution is -1.92. The maximum absolute atomic E-state index is 5.40. The minimum atomic E-state index is 0.643. The Bertz CT molecular complexity index is 758. The van der Waals surface area contributed by atoms with Crippen molar-refractivity contribution < 1.29 is 4.42 Å². The van der Waals surface area contributed by atoms with Crippen LogP contribution in [0.4, 0.5) is 5.69 Å². The summed E-state index contributed by atoms with van der Waals surface area (Å²) in [5.41, 5.74) is 4.72. The van der Waals surface area contributed by atoms with Crippen LogP contribution in [0.25, 0.3) is 10.9 Å². The highest BCUT2D eigenvalue weighted by molar-refractivity contribution is 9.13. The lowest BCUT2D eigenvalue weighted by atomic mass is 10.2. The highest BCUT2D eigenvalue weighted by Crippen LogP contribution is 2.26. The summed E-state index contributed by atoms with van der Waals surface area (Å²) in [6.45, 7) is 0. The van der Waals surface area contributed by atoms with Crippen LogP contribution >= 0.6 is 31.9 Å². The topological polar surface area (TPSA) is 50.4 Å². The third kappa shape index (κ3) is 2.76. The first kappa shape index (κ1) is 13.3. The maximum atomic E-state index is 5.40. The molecule has 0 atom stereocenters. The van der Waals surface area contributed by atoms with Crippen molar-refractivity contribution in [1.82, 2.24) is 4.98 Å². The minimum absolute atomic E-state index is 0.643. The molecular weight excluding hydrogens is 386 g/mol. The van der Waals surface area contributed by atoms with Crippen molar-refractivity contribution in [1.29, 1.82) is 0 Å². The van der Waals surface area contributed by atoms with Gasteiger partial charge in [0.2, 0.25) is 0 Å². The first-order chi connectivity index (χ1) is 9.74. The zero-order valence-electron chi connectivity index (χ0n) is 10.2. The molecule has 6 heteroatoms. The van der Waals surface area contributed by atoms with Crippen LogP contribution in [0.3, 0.4) is 0 Å². The highest BCUT2D eigenvalue weighted by Gasteiger charge is 2.03. The van der Waals surface area contributed by atoms with Gasteiger partial charge in [0.15, 0.2) is 4.67 Å². The maximum Gasteiger partial charge on any atom is 0.184 e. The molecule has 0 amide bonds. The molecule has 0 unspecified atom stereocenters. The predicted octanol–water partition coefficient (Wildman–Crippen LogP) is 4.80. The third-order valence-electron chi connectivity index (χ3n) is 2.67. The first-order valence-corrected chi connectivity index (χ1v) is 7.40. The molecule has 20 heavy (non-hydrogen) atoms. The van der Waals surface area contributed by atoms with Crippen molar-refractivity contribution in [2.45, 2.75) is 0 Å². The number of furan rings is 1. The van der Waals surface area contributed by atoms with Crippen LogP contribution in [0.2, 0.25) is 0 Å². The van der Waals surface area contributed by atoms with E-state index in [4.69, 9.17) is 4.42 Å². The molecule has 0 fully saturated rings. The zero-order valence-corrected chi connectivity index (χ0v) is 13.3. The number of benzene rings is 1. The molecule has 1 N–H and O–H groups in total. The summed E-state index contributed by atoms with van der Waals surface area (Å²) in [6, 6.07) is 11.7. The summed E-state index contributed by atoms with van der Waals surface area (Å²) in [6.07, 6.45) is 3.37. The second kappa shape index (κ2) is 5.76. The molecule has 0 aliphatic carbocycles. The van der Waals surface area contributed by atoms with E-state index in [-0.39, 0.29) is 0 Å². The molecule has 0 bridgehead atoms. The number of hydrogen-bond donors (Lipinski definition) is 1. The van der Waals surface area contributed by atoms with E-state index < -0.39 is 0 Å². The molecule has 2 aromatic heterocycles. The van der Waals surface area contributed by atoms with E-state index in [1.807, 2.05) is 36.4 Å². The number of halogens is 2. The molecule has 0 saturated heterocycles. The number of fused-ring (bicyclic) bond motifs is 1. The van der Waals surface area contributed by atoms with Gasteiger partial charge in [-0.1, -0.05) is 18.2 Å². The minimum Gasteiger partial charge on any atom is -0.447 e. The number of aromatic nitrogens is 1. The number of nitrogens with zero attached hydrogens (tertiary/aromatic N) is 2. The fourth-order valence-electron chi connectivity index (χ4n) is 1.79. The van der Waals surface area contributed by atoms with Gasteiger partial charge in [-0.2, -0.15) is 5.10 Å². The Hall–Kier alpha value is -1.66. The van der Waals surface area contributed by atoms with Gasteiger partial charge >= 0.3 is 0 Å². The van der Waals surface area contributed by atoms with Crippen LogP contribution in [0.5, 0.6) is 0 Å². The molecule has 100 valence electrons. The molecule has 0 aliphatic heterocycles. The van der Waals surface area contributed by atoms with Gasteiger partial charge in [0.05, 0.1) is 21.9 Å². The number of para-hydroxylation sites is 1. The van der Waals surface area contributed by atoms with Gasteiger partial charge in [-0.3, -0.25) is 10.4 Å². The van der Waals surface area contributed by atoms with E-state index in [0.717, 1.165) is 21.1 Å². The van der Waals surface area contributed by atoms with E-state index in [1.165, 1.54) is 0 Å². The van der Waals surface area contributed by atoms with Crippen molar-refractivity contribution >= 4 is 54.7 Å². The fraction of sp³-hybridized carbons (Fsp3) is 0. The Morgan fingerprint density at radius 3 is 2.85 bits per heavy atom. The van der Waals surface area contributed by atoms with E-state index in [0.29, 0.717) is 10.4 Å². The van der Waals surface area contributed by atoms with Gasteiger partial charge in [0.1, 0.15) is 5.76 Å². The summed E-state index contributed by atoms with van der Waals surface area (Å²) >= 11 is 6.63. The Morgan fingerprint density at radius 2 is 2.05 bits per heavy atom. The SMILES string of the molecule is Brc1cc(/C=N/Nc2cccc3cccnc23)oc1Br. The summed E-state index contributed by atoms with van der Waals surface area (Å²) in [4.78, 5) is 4.35. The average molecular weight is 395 g/mol. The van der Waals surface area contributed by atoms with E-state index in [1.54, 1.807) is 12.4 Å². The highest BCUT2D eigenvalue weighted by atomic mass is 79.9.